The van der Waals surface area contributed by atoms with E-state index in [4.69, 9.17) is 27.1 Å². The summed E-state index contributed by atoms with van der Waals surface area (Å²) in [6.07, 6.45) is 0.438. The third-order valence-electron chi connectivity index (χ3n) is 7.84. The number of benzene rings is 1. The molecule has 232 valence electrons. The Morgan fingerprint density at radius 2 is 1.98 bits per heavy atom. The topological polar surface area (TPSA) is 133 Å². The van der Waals surface area contributed by atoms with Gasteiger partial charge in [-0.25, -0.2) is 9.97 Å². The van der Waals surface area contributed by atoms with Gasteiger partial charge >= 0.3 is 6.18 Å². The number of ether oxygens (including phenoxy) is 1. The minimum absolute atomic E-state index is 0.0587. The van der Waals surface area contributed by atoms with E-state index in [9.17, 15) is 22.8 Å². The Hall–Kier alpha value is -4.33. The maximum atomic E-state index is 13.2. The van der Waals surface area contributed by atoms with Crippen LogP contribution < -0.4 is 15.8 Å². The molecule has 3 aromatic heterocycles. The highest BCUT2D eigenvalue weighted by Gasteiger charge is 2.35. The van der Waals surface area contributed by atoms with Gasteiger partial charge in [0.15, 0.2) is 5.82 Å². The number of anilines is 2. The zero-order valence-corrected chi connectivity index (χ0v) is 24.7. The summed E-state index contributed by atoms with van der Waals surface area (Å²) in [6.45, 7) is 2.99. The molecule has 11 nitrogen and oxygen atoms in total. The summed E-state index contributed by atoms with van der Waals surface area (Å²) in [5.41, 5.74) is 7.01. The molecule has 0 radical (unpaired) electrons. The molecule has 1 saturated heterocycles. The molecule has 4 aromatic rings. The first-order valence-electron chi connectivity index (χ1n) is 14.3. The first-order valence-corrected chi connectivity index (χ1v) is 14.7. The minimum atomic E-state index is -4.62. The van der Waals surface area contributed by atoms with E-state index < -0.39 is 17.8 Å². The lowest BCUT2D eigenvalue weighted by Gasteiger charge is -2.32. The number of aryl methyl sites for hydroxylation is 1. The van der Waals surface area contributed by atoms with Crippen molar-refractivity contribution in [1.82, 2.24) is 29.0 Å². The molecule has 3 N–H and O–H groups in total. The minimum Gasteiger partial charge on any atom is -0.490 e. The number of nitrogens with two attached hydrogens (primary N) is 1. The number of nitrogens with zero attached hydrogens (tertiary/aromatic N) is 6. The molecule has 0 spiro atoms. The lowest BCUT2D eigenvalue weighted by Crippen LogP contribution is -2.39. The Morgan fingerprint density at radius 3 is 2.66 bits per heavy atom. The molecular formula is C29H30ClF3N8O3. The Balaban J connectivity index is 1.40. The number of amides is 2. The van der Waals surface area contributed by atoms with Crippen molar-refractivity contribution in [1.29, 1.82) is 0 Å². The Morgan fingerprint density at radius 1 is 1.20 bits per heavy atom. The van der Waals surface area contributed by atoms with E-state index in [-0.39, 0.29) is 35.1 Å². The Labute approximate surface area is 255 Å². The van der Waals surface area contributed by atoms with Crippen molar-refractivity contribution in [3.05, 3.63) is 52.7 Å². The molecule has 4 heterocycles. The van der Waals surface area contributed by atoms with Crippen molar-refractivity contribution < 1.29 is 27.5 Å². The maximum absolute atomic E-state index is 13.2. The number of imidazole rings is 1. The van der Waals surface area contributed by atoms with Gasteiger partial charge in [0.05, 0.1) is 12.3 Å². The quantitative estimate of drug-likeness (QED) is 0.283. The van der Waals surface area contributed by atoms with Crippen molar-refractivity contribution in [2.24, 2.45) is 7.05 Å². The van der Waals surface area contributed by atoms with Crippen LogP contribution in [0.4, 0.5) is 24.8 Å². The molecule has 1 aromatic carbocycles. The highest BCUT2D eigenvalue weighted by molar-refractivity contribution is 6.30. The summed E-state index contributed by atoms with van der Waals surface area (Å²) >= 11 is 6.66. The predicted octanol–water partition coefficient (Wildman–Crippen LogP) is 5.29. The number of piperidine rings is 1. The number of nitrogen functional groups attached to an aromatic ring is 1. The van der Waals surface area contributed by atoms with E-state index >= 15 is 0 Å². The van der Waals surface area contributed by atoms with Gasteiger partial charge in [-0.15, -0.1) is 0 Å². The van der Waals surface area contributed by atoms with E-state index in [1.54, 1.807) is 10.5 Å². The van der Waals surface area contributed by atoms with Crippen molar-refractivity contribution in [2.45, 2.75) is 57.2 Å². The van der Waals surface area contributed by atoms with Crippen LogP contribution in [0.1, 0.15) is 66.8 Å². The van der Waals surface area contributed by atoms with E-state index in [2.05, 4.69) is 15.4 Å². The molecule has 1 aliphatic carbocycles. The number of fused-ring (bicyclic) bond motifs is 1. The second-order valence-electron chi connectivity index (χ2n) is 11.0. The van der Waals surface area contributed by atoms with Crippen LogP contribution in [0.3, 0.4) is 0 Å². The highest BCUT2D eigenvalue weighted by atomic mass is 35.5. The summed E-state index contributed by atoms with van der Waals surface area (Å²) in [4.78, 5) is 36.7. The molecule has 6 rings (SSSR count). The molecule has 2 fully saturated rings. The third kappa shape index (κ3) is 5.65. The molecule has 1 atom stereocenters. The summed E-state index contributed by atoms with van der Waals surface area (Å²) in [5.74, 6) is 0.240. The van der Waals surface area contributed by atoms with Gasteiger partial charge in [0, 0.05) is 49.7 Å². The normalized spacial score (nSPS) is 17.2. The molecule has 2 amide bonds. The Bertz CT molecular complexity index is 1760. The smallest absolute Gasteiger partial charge is 0.433 e. The molecule has 44 heavy (non-hydrogen) atoms. The number of rotatable bonds is 7. The third-order valence-corrected chi connectivity index (χ3v) is 8.11. The van der Waals surface area contributed by atoms with E-state index in [0.29, 0.717) is 57.7 Å². The predicted molar refractivity (Wildman–Crippen MR) is 157 cm³/mol. The lowest BCUT2D eigenvalue weighted by atomic mass is 9.97. The summed E-state index contributed by atoms with van der Waals surface area (Å²) < 4.78 is 48.3. The molecule has 0 bridgehead atoms. The van der Waals surface area contributed by atoms with Gasteiger partial charge in [-0.05, 0) is 43.9 Å². The fourth-order valence-corrected chi connectivity index (χ4v) is 5.76. The van der Waals surface area contributed by atoms with Crippen LogP contribution in [-0.4, -0.2) is 60.1 Å². The van der Waals surface area contributed by atoms with Gasteiger partial charge in [0.2, 0.25) is 5.91 Å². The van der Waals surface area contributed by atoms with E-state index in [1.807, 2.05) is 11.8 Å². The first-order chi connectivity index (χ1) is 20.9. The molecule has 15 heteroatoms. The van der Waals surface area contributed by atoms with Crippen molar-refractivity contribution in [2.75, 3.05) is 24.1 Å². The molecule has 2 aliphatic rings. The molecule has 1 saturated carbocycles. The zero-order valence-electron chi connectivity index (χ0n) is 24.0. The number of hydrogen-bond acceptors (Lipinski definition) is 7. The van der Waals surface area contributed by atoms with Gasteiger partial charge < -0.3 is 20.7 Å². The van der Waals surface area contributed by atoms with Gasteiger partial charge in [0.25, 0.3) is 5.91 Å². The van der Waals surface area contributed by atoms with Crippen LogP contribution in [-0.2, 0) is 18.0 Å². The van der Waals surface area contributed by atoms with Gasteiger partial charge in [-0.3, -0.25) is 18.7 Å². The molecule has 1 unspecified atom stereocenters. The van der Waals surface area contributed by atoms with E-state index in [0.717, 1.165) is 38.8 Å². The molecular weight excluding hydrogens is 601 g/mol. The number of likely N-dealkylation sites (tertiary alicyclic amines) is 1. The lowest BCUT2D eigenvalue weighted by molar-refractivity contribution is -0.143. The number of carbonyl (C=O) groups excluding carboxylic acids is 2. The Kier molecular flexibility index (Phi) is 7.64. The van der Waals surface area contributed by atoms with Crippen LogP contribution in [0, 0.1) is 0 Å². The number of carbonyl (C=O) groups is 2. The fourth-order valence-electron chi connectivity index (χ4n) is 5.54. The summed E-state index contributed by atoms with van der Waals surface area (Å²) in [7, 11) is 1.15. The summed E-state index contributed by atoms with van der Waals surface area (Å²) in [6, 6.07) is 5.48. The van der Waals surface area contributed by atoms with Crippen molar-refractivity contribution in [3.8, 4) is 17.0 Å². The SMILES string of the molecule is CCC(=O)N1CCCC(c2nc(-c3ccc(C(=O)Nc4cc(C(F)(F)F)n(C)n4)cc3OC3CC3)c3c(N)ncc(Cl)n23)C1. The highest BCUT2D eigenvalue weighted by Crippen LogP contribution is 2.41. The summed E-state index contributed by atoms with van der Waals surface area (Å²) in [5, 5.41) is 6.51. The standard InChI is InChI=1S/C29H30ClF3N8O3/c1-3-23(42)40-10-4-5-16(14-40)27-37-24(25-26(34)35-13-21(30)41(25)27)18-9-6-15(11-19(18)44-17-7-8-17)28(43)36-22-12-20(29(31,32)33)39(2)38-22/h6,9,11-13,16-17H,3-5,7-8,10,14H2,1-2H3,(H2,34,35)(H,36,38,43). The second kappa shape index (κ2) is 11.3. The van der Waals surface area contributed by atoms with Crippen molar-refractivity contribution in [3.63, 3.8) is 0 Å². The van der Waals surface area contributed by atoms with Gasteiger partial charge in [-0.2, -0.15) is 18.3 Å². The van der Waals surface area contributed by atoms with Crippen molar-refractivity contribution >= 4 is 40.6 Å². The monoisotopic (exact) mass is 630 g/mol. The van der Waals surface area contributed by atoms with Gasteiger partial charge in [-0.1, -0.05) is 18.5 Å². The average molecular weight is 631 g/mol. The first kappa shape index (κ1) is 29.7. The number of nitrogens with one attached hydrogen (secondary N) is 1. The van der Waals surface area contributed by atoms with Gasteiger partial charge in [0.1, 0.15) is 39.4 Å². The van der Waals surface area contributed by atoms with Crippen LogP contribution in [0.2, 0.25) is 5.15 Å². The second-order valence-corrected chi connectivity index (χ2v) is 11.4. The van der Waals surface area contributed by atoms with E-state index in [1.165, 1.54) is 18.3 Å². The van der Waals surface area contributed by atoms with Crippen LogP contribution in [0.5, 0.6) is 5.75 Å². The zero-order chi connectivity index (χ0) is 31.3. The molecule has 1 aliphatic heterocycles. The van der Waals surface area contributed by atoms with Crippen LogP contribution >= 0.6 is 11.6 Å². The number of halogens is 4. The average Bonchev–Trinajstić information content (AvgIpc) is 3.58. The number of aromatic nitrogens is 5. The number of hydrogen-bond donors (Lipinski definition) is 2. The fraction of sp³-hybridized carbons (Fsp3) is 0.414. The van der Waals surface area contributed by atoms with Crippen LogP contribution in [0.15, 0.2) is 30.5 Å². The number of alkyl halides is 3. The maximum Gasteiger partial charge on any atom is 0.433 e. The van der Waals surface area contributed by atoms with Crippen LogP contribution in [0.25, 0.3) is 16.8 Å². The largest absolute Gasteiger partial charge is 0.490 e.